The molecule has 1 heterocycles. The van der Waals surface area contributed by atoms with Gasteiger partial charge < -0.3 is 20.8 Å². The fourth-order valence-electron chi connectivity index (χ4n) is 5.84. The molecule has 5 amide bonds. The standard InChI is InChI=1S/C36H36N4O7/c41-31(35(45)46)19-37-32(42)26-10-8-23(9-11-26)20-39(28-15-12-25(13-16-28)24-4-2-1-3-5-24)36(47)38-27-14-17-29-30(18-27)34(44)40(33(29)43)21-22-6-7-22/h4,8-18,22,31,41H,1-3,5-7,19-21H2,(H,37,42)(H,38,47)(H,45,46)/t31-/m1/s1. The van der Waals surface area contributed by atoms with Crippen LogP contribution in [0.2, 0.25) is 0 Å². The molecular weight excluding hydrogens is 600 g/mol. The largest absolute Gasteiger partial charge is 0.479 e. The zero-order valence-electron chi connectivity index (χ0n) is 25.8. The van der Waals surface area contributed by atoms with Crippen molar-refractivity contribution < 1.29 is 34.2 Å². The predicted molar refractivity (Wildman–Crippen MR) is 175 cm³/mol. The van der Waals surface area contributed by atoms with Gasteiger partial charge in [0.2, 0.25) is 0 Å². The van der Waals surface area contributed by atoms with E-state index in [1.807, 2.05) is 24.3 Å². The van der Waals surface area contributed by atoms with Crippen LogP contribution < -0.4 is 15.5 Å². The molecule has 6 rings (SSSR count). The molecule has 0 radical (unpaired) electrons. The monoisotopic (exact) mass is 636 g/mol. The number of carboxylic acid groups (broad SMARTS) is 1. The number of hydrogen-bond acceptors (Lipinski definition) is 6. The minimum absolute atomic E-state index is 0.144. The van der Waals surface area contributed by atoms with Crippen molar-refractivity contribution in [1.29, 1.82) is 0 Å². The van der Waals surface area contributed by atoms with Crippen LogP contribution in [-0.2, 0) is 11.3 Å². The van der Waals surface area contributed by atoms with E-state index in [1.165, 1.54) is 16.9 Å². The lowest BCUT2D eigenvalue weighted by molar-refractivity contribution is -0.146. The molecule has 11 nitrogen and oxygen atoms in total. The van der Waals surface area contributed by atoms with E-state index in [2.05, 4.69) is 16.7 Å². The molecule has 3 aliphatic rings. The molecule has 242 valence electrons. The number of aliphatic carboxylic acids is 1. The molecule has 0 bridgehead atoms. The van der Waals surface area contributed by atoms with Crippen molar-refractivity contribution in [2.75, 3.05) is 23.3 Å². The number of hydrogen-bond donors (Lipinski definition) is 4. The Hall–Kier alpha value is -5.29. The molecule has 1 fully saturated rings. The van der Waals surface area contributed by atoms with Crippen molar-refractivity contribution >= 4 is 46.7 Å². The summed E-state index contributed by atoms with van der Waals surface area (Å²) in [5.74, 6) is -2.27. The van der Waals surface area contributed by atoms with Crippen molar-refractivity contribution in [3.63, 3.8) is 0 Å². The summed E-state index contributed by atoms with van der Waals surface area (Å²) < 4.78 is 0. The summed E-state index contributed by atoms with van der Waals surface area (Å²) >= 11 is 0. The lowest BCUT2D eigenvalue weighted by Crippen LogP contribution is -2.36. The number of benzene rings is 3. The minimum atomic E-state index is -1.71. The molecule has 47 heavy (non-hydrogen) atoms. The first kappa shape index (κ1) is 31.7. The van der Waals surface area contributed by atoms with Gasteiger partial charge in [0.15, 0.2) is 6.10 Å². The Kier molecular flexibility index (Phi) is 9.17. The minimum Gasteiger partial charge on any atom is -0.479 e. The van der Waals surface area contributed by atoms with Gasteiger partial charge >= 0.3 is 12.0 Å². The van der Waals surface area contributed by atoms with Crippen LogP contribution in [0, 0.1) is 5.92 Å². The zero-order valence-corrected chi connectivity index (χ0v) is 25.8. The molecule has 0 saturated heterocycles. The number of imide groups is 1. The van der Waals surface area contributed by atoms with Gasteiger partial charge in [-0.3, -0.25) is 24.2 Å². The fourth-order valence-corrected chi connectivity index (χ4v) is 5.84. The second-order valence-electron chi connectivity index (χ2n) is 12.2. The number of rotatable bonds is 11. The summed E-state index contributed by atoms with van der Waals surface area (Å²) in [6.45, 7) is 0.127. The molecule has 1 aliphatic heterocycles. The van der Waals surface area contributed by atoms with Crippen LogP contribution >= 0.6 is 0 Å². The first-order valence-electron chi connectivity index (χ1n) is 15.8. The number of anilines is 2. The van der Waals surface area contributed by atoms with E-state index >= 15 is 0 Å². The summed E-state index contributed by atoms with van der Waals surface area (Å²) in [5, 5.41) is 23.6. The van der Waals surface area contributed by atoms with Crippen molar-refractivity contribution in [3.05, 3.63) is 101 Å². The third kappa shape index (κ3) is 7.25. The average Bonchev–Trinajstić information content (AvgIpc) is 3.89. The second kappa shape index (κ2) is 13.6. The highest BCUT2D eigenvalue weighted by Gasteiger charge is 2.39. The summed E-state index contributed by atoms with van der Waals surface area (Å²) in [6, 6.07) is 18.6. The van der Waals surface area contributed by atoms with Crippen LogP contribution in [-0.4, -0.2) is 64.0 Å². The number of nitrogens with one attached hydrogen (secondary N) is 2. The maximum Gasteiger partial charge on any atom is 0.334 e. The van der Waals surface area contributed by atoms with Gasteiger partial charge in [-0.1, -0.05) is 30.3 Å². The normalized spacial score (nSPS) is 16.3. The quantitative estimate of drug-likeness (QED) is 0.214. The van der Waals surface area contributed by atoms with Gasteiger partial charge in [-0.25, -0.2) is 9.59 Å². The first-order valence-corrected chi connectivity index (χ1v) is 15.8. The zero-order chi connectivity index (χ0) is 33.1. The number of allylic oxidation sites excluding steroid dienone is 2. The number of carbonyl (C=O) groups excluding carboxylic acids is 4. The van der Waals surface area contributed by atoms with E-state index in [9.17, 15) is 29.1 Å². The van der Waals surface area contributed by atoms with Gasteiger partial charge in [0.25, 0.3) is 17.7 Å². The average molecular weight is 637 g/mol. The summed E-state index contributed by atoms with van der Waals surface area (Å²) in [6.07, 6.45) is 6.95. The Labute approximate surface area is 271 Å². The van der Waals surface area contributed by atoms with E-state index in [0.717, 1.165) is 37.7 Å². The highest BCUT2D eigenvalue weighted by molar-refractivity contribution is 6.22. The van der Waals surface area contributed by atoms with Crippen LogP contribution in [0.5, 0.6) is 0 Å². The fraction of sp³-hybridized carbons (Fsp3) is 0.306. The number of amides is 5. The Morgan fingerprint density at radius 1 is 0.915 bits per heavy atom. The number of nitrogens with zero attached hydrogens (tertiary/aromatic N) is 2. The van der Waals surface area contributed by atoms with E-state index in [-0.39, 0.29) is 29.5 Å². The van der Waals surface area contributed by atoms with Crippen molar-refractivity contribution in [1.82, 2.24) is 10.2 Å². The molecule has 11 heteroatoms. The highest BCUT2D eigenvalue weighted by atomic mass is 16.4. The highest BCUT2D eigenvalue weighted by Crippen LogP contribution is 2.34. The van der Waals surface area contributed by atoms with Crippen LogP contribution in [0.1, 0.15) is 80.7 Å². The number of aliphatic hydroxyl groups excluding tert-OH is 1. The Balaban J connectivity index is 1.21. The number of aliphatic hydroxyl groups is 1. The number of fused-ring (bicyclic) bond motifs is 1. The smallest absolute Gasteiger partial charge is 0.334 e. The molecule has 0 unspecified atom stereocenters. The van der Waals surface area contributed by atoms with E-state index in [0.29, 0.717) is 35.0 Å². The number of urea groups is 1. The van der Waals surface area contributed by atoms with E-state index in [1.54, 1.807) is 47.4 Å². The molecule has 0 aromatic heterocycles. The van der Waals surface area contributed by atoms with Crippen molar-refractivity contribution in [2.24, 2.45) is 5.92 Å². The summed E-state index contributed by atoms with van der Waals surface area (Å²) in [5.41, 5.74) is 5.00. The molecular formula is C36H36N4O7. The van der Waals surface area contributed by atoms with Crippen molar-refractivity contribution in [2.45, 2.75) is 51.2 Å². The molecule has 2 aliphatic carbocycles. The van der Waals surface area contributed by atoms with E-state index < -0.39 is 30.6 Å². The number of carbonyl (C=O) groups is 5. The molecule has 3 aromatic rings. The third-order valence-corrected chi connectivity index (χ3v) is 8.74. The SMILES string of the molecule is O=C(NC[C@@H](O)C(=O)O)c1ccc(CN(C(=O)Nc2ccc3c(c2)C(=O)N(CC2CC2)C3=O)c2ccc(C3=CCCCC3)cc2)cc1. The number of carboxylic acids is 1. The van der Waals surface area contributed by atoms with Crippen molar-refractivity contribution in [3.8, 4) is 0 Å². The first-order chi connectivity index (χ1) is 22.7. The van der Waals surface area contributed by atoms with Gasteiger partial charge in [0.05, 0.1) is 24.2 Å². The van der Waals surface area contributed by atoms with Crippen LogP contribution in [0.25, 0.3) is 5.57 Å². The Morgan fingerprint density at radius 2 is 1.64 bits per heavy atom. The van der Waals surface area contributed by atoms with Crippen LogP contribution in [0.3, 0.4) is 0 Å². The molecule has 0 spiro atoms. The summed E-state index contributed by atoms with van der Waals surface area (Å²) in [7, 11) is 0. The van der Waals surface area contributed by atoms with Gasteiger partial charge in [-0.2, -0.15) is 0 Å². The van der Waals surface area contributed by atoms with Crippen LogP contribution in [0.15, 0.2) is 72.8 Å². The van der Waals surface area contributed by atoms with E-state index in [4.69, 9.17) is 5.11 Å². The maximum atomic E-state index is 13.9. The lowest BCUT2D eigenvalue weighted by atomic mass is 9.93. The van der Waals surface area contributed by atoms with Gasteiger partial charge in [0, 0.05) is 23.5 Å². The topological polar surface area (TPSA) is 156 Å². The van der Waals surface area contributed by atoms with Crippen LogP contribution in [0.4, 0.5) is 16.2 Å². The van der Waals surface area contributed by atoms with Gasteiger partial charge in [0.1, 0.15) is 0 Å². The Morgan fingerprint density at radius 3 is 2.30 bits per heavy atom. The Bertz CT molecular complexity index is 1750. The van der Waals surface area contributed by atoms with Gasteiger partial charge in [-0.05, 0) is 104 Å². The second-order valence-corrected chi connectivity index (χ2v) is 12.2. The molecule has 1 saturated carbocycles. The predicted octanol–water partition coefficient (Wildman–Crippen LogP) is 5.06. The lowest BCUT2D eigenvalue weighted by Gasteiger charge is -2.24. The molecule has 1 atom stereocenters. The third-order valence-electron chi connectivity index (χ3n) is 8.74. The molecule has 4 N–H and O–H groups in total. The maximum absolute atomic E-state index is 13.9. The van der Waals surface area contributed by atoms with Gasteiger partial charge in [-0.15, -0.1) is 0 Å². The molecule has 3 aromatic carbocycles. The summed E-state index contributed by atoms with van der Waals surface area (Å²) in [4.78, 5) is 65.9.